The van der Waals surface area contributed by atoms with Crippen LogP contribution in [0.5, 0.6) is 0 Å². The maximum absolute atomic E-state index is 12.1. The molecular formula is C20H34IN5O2. The zero-order valence-electron chi connectivity index (χ0n) is 17.6. The number of amides is 2. The number of nitrogens with zero attached hydrogens (tertiary/aromatic N) is 3. The number of halogens is 1. The van der Waals surface area contributed by atoms with E-state index in [0.717, 1.165) is 25.2 Å². The number of rotatable bonds is 9. The molecule has 0 fully saturated rings. The topological polar surface area (TPSA) is 77.0 Å². The van der Waals surface area contributed by atoms with Gasteiger partial charge < -0.3 is 20.4 Å². The maximum atomic E-state index is 12.1. The van der Waals surface area contributed by atoms with Gasteiger partial charge in [-0.3, -0.25) is 9.59 Å². The van der Waals surface area contributed by atoms with Crippen molar-refractivity contribution in [2.75, 3.05) is 40.3 Å². The van der Waals surface area contributed by atoms with E-state index in [1.807, 2.05) is 49.9 Å². The molecule has 0 spiro atoms. The molecule has 0 aliphatic carbocycles. The number of aliphatic imine (C=N–C) groups is 1. The molecule has 0 heterocycles. The number of guanidine groups is 1. The fraction of sp³-hybridized carbons (Fsp3) is 0.550. The third-order valence-electron chi connectivity index (χ3n) is 4.12. The van der Waals surface area contributed by atoms with Crippen LogP contribution in [0, 0.1) is 0 Å². The molecule has 7 nitrogen and oxygen atoms in total. The van der Waals surface area contributed by atoms with Crippen LogP contribution in [0.4, 0.5) is 0 Å². The second-order valence-corrected chi connectivity index (χ2v) is 6.33. The molecule has 1 aromatic rings. The van der Waals surface area contributed by atoms with Gasteiger partial charge in [-0.1, -0.05) is 12.1 Å². The molecule has 1 aromatic carbocycles. The molecule has 0 aliphatic heterocycles. The standard InChI is InChI=1S/C20H33N5O2.HI/c1-6-21-20(22-14-13-18(26)25(7-2)8-3)23-15-16-9-11-17(12-10-16)19(27)24(4)5;/h9-12H,6-8,13-15H2,1-5H3,(H2,21,22,23);1H. The van der Waals surface area contributed by atoms with E-state index in [2.05, 4.69) is 15.6 Å². The minimum Gasteiger partial charge on any atom is -0.357 e. The predicted octanol–water partition coefficient (Wildman–Crippen LogP) is 2.32. The zero-order valence-corrected chi connectivity index (χ0v) is 19.9. The van der Waals surface area contributed by atoms with E-state index in [1.54, 1.807) is 19.0 Å². The van der Waals surface area contributed by atoms with Gasteiger partial charge in [-0.25, -0.2) is 4.99 Å². The summed E-state index contributed by atoms with van der Waals surface area (Å²) in [5, 5.41) is 6.38. The van der Waals surface area contributed by atoms with E-state index in [1.165, 1.54) is 0 Å². The van der Waals surface area contributed by atoms with Crippen LogP contribution in [-0.4, -0.2) is 67.8 Å². The van der Waals surface area contributed by atoms with Crippen LogP contribution in [0.25, 0.3) is 0 Å². The molecule has 8 heteroatoms. The van der Waals surface area contributed by atoms with Gasteiger partial charge in [-0.15, -0.1) is 24.0 Å². The first-order valence-corrected chi connectivity index (χ1v) is 9.53. The summed E-state index contributed by atoms with van der Waals surface area (Å²) in [5.41, 5.74) is 1.68. The van der Waals surface area contributed by atoms with Gasteiger partial charge in [0.15, 0.2) is 5.96 Å². The van der Waals surface area contributed by atoms with E-state index in [4.69, 9.17) is 0 Å². The van der Waals surface area contributed by atoms with Crippen molar-refractivity contribution < 1.29 is 9.59 Å². The minimum absolute atomic E-state index is 0. The van der Waals surface area contributed by atoms with E-state index < -0.39 is 0 Å². The van der Waals surface area contributed by atoms with Crippen molar-refractivity contribution in [1.29, 1.82) is 0 Å². The van der Waals surface area contributed by atoms with Crippen molar-refractivity contribution in [2.24, 2.45) is 4.99 Å². The van der Waals surface area contributed by atoms with Gasteiger partial charge in [0.25, 0.3) is 5.91 Å². The minimum atomic E-state index is -0.0158. The maximum Gasteiger partial charge on any atom is 0.253 e. The Kier molecular flexibility index (Phi) is 13.3. The third-order valence-corrected chi connectivity index (χ3v) is 4.12. The van der Waals surface area contributed by atoms with Crippen LogP contribution in [0.2, 0.25) is 0 Å². The lowest BCUT2D eigenvalue weighted by molar-refractivity contribution is -0.130. The quantitative estimate of drug-likeness (QED) is 0.308. The second-order valence-electron chi connectivity index (χ2n) is 6.33. The number of hydrogen-bond donors (Lipinski definition) is 2. The Balaban J connectivity index is 0.00000729. The third kappa shape index (κ3) is 8.90. The van der Waals surface area contributed by atoms with Gasteiger partial charge in [-0.2, -0.15) is 0 Å². The number of benzene rings is 1. The second kappa shape index (κ2) is 14.2. The summed E-state index contributed by atoms with van der Waals surface area (Å²) in [6, 6.07) is 7.45. The summed E-state index contributed by atoms with van der Waals surface area (Å²) in [6.07, 6.45) is 0.438. The van der Waals surface area contributed by atoms with Crippen molar-refractivity contribution in [3.05, 3.63) is 35.4 Å². The van der Waals surface area contributed by atoms with Crippen LogP contribution < -0.4 is 10.6 Å². The number of nitrogens with one attached hydrogen (secondary N) is 2. The zero-order chi connectivity index (χ0) is 20.2. The number of hydrogen-bond acceptors (Lipinski definition) is 3. The van der Waals surface area contributed by atoms with E-state index >= 15 is 0 Å². The molecule has 0 radical (unpaired) electrons. The Bertz CT molecular complexity index is 628. The highest BCUT2D eigenvalue weighted by atomic mass is 127. The lowest BCUT2D eigenvalue weighted by Gasteiger charge is -2.19. The molecule has 0 unspecified atom stereocenters. The fourth-order valence-electron chi connectivity index (χ4n) is 2.55. The van der Waals surface area contributed by atoms with E-state index in [0.29, 0.717) is 31.0 Å². The SMILES string of the molecule is CCNC(=NCc1ccc(C(=O)N(C)C)cc1)NCCC(=O)N(CC)CC.I. The van der Waals surface area contributed by atoms with Crippen molar-refractivity contribution in [3.8, 4) is 0 Å². The van der Waals surface area contributed by atoms with Gasteiger partial charge in [-0.05, 0) is 38.5 Å². The molecule has 0 atom stereocenters. The van der Waals surface area contributed by atoms with Gasteiger partial charge in [0.1, 0.15) is 0 Å². The lowest BCUT2D eigenvalue weighted by Crippen LogP contribution is -2.40. The van der Waals surface area contributed by atoms with Crippen LogP contribution in [0.15, 0.2) is 29.3 Å². The summed E-state index contributed by atoms with van der Waals surface area (Å²) >= 11 is 0. The highest BCUT2D eigenvalue weighted by Gasteiger charge is 2.09. The first kappa shape index (κ1) is 26.2. The monoisotopic (exact) mass is 503 g/mol. The number of carbonyl (C=O) groups excluding carboxylic acids is 2. The first-order valence-electron chi connectivity index (χ1n) is 9.53. The molecule has 0 bridgehead atoms. The Labute approximate surface area is 186 Å². The Hall–Kier alpha value is -1.84. The molecule has 0 saturated carbocycles. The summed E-state index contributed by atoms with van der Waals surface area (Å²) in [5.74, 6) is 0.806. The van der Waals surface area contributed by atoms with Gasteiger partial charge in [0, 0.05) is 52.3 Å². The molecular weight excluding hydrogens is 469 g/mol. The Morgan fingerprint density at radius 2 is 1.61 bits per heavy atom. The average molecular weight is 503 g/mol. The molecule has 0 aromatic heterocycles. The molecule has 158 valence electrons. The largest absolute Gasteiger partial charge is 0.357 e. The van der Waals surface area contributed by atoms with E-state index in [9.17, 15) is 9.59 Å². The molecule has 0 saturated heterocycles. The number of carbonyl (C=O) groups is 2. The van der Waals surface area contributed by atoms with Gasteiger partial charge >= 0.3 is 0 Å². The fourth-order valence-corrected chi connectivity index (χ4v) is 2.55. The normalized spacial score (nSPS) is 10.7. The predicted molar refractivity (Wildman–Crippen MR) is 125 cm³/mol. The Morgan fingerprint density at radius 1 is 1.00 bits per heavy atom. The summed E-state index contributed by atoms with van der Waals surface area (Å²) in [7, 11) is 3.47. The van der Waals surface area contributed by atoms with E-state index in [-0.39, 0.29) is 35.8 Å². The smallest absolute Gasteiger partial charge is 0.253 e. The van der Waals surface area contributed by atoms with Gasteiger partial charge in [0.2, 0.25) is 5.91 Å². The van der Waals surface area contributed by atoms with Gasteiger partial charge in [0.05, 0.1) is 6.54 Å². The molecule has 2 amide bonds. The highest BCUT2D eigenvalue weighted by molar-refractivity contribution is 14.0. The summed E-state index contributed by atoms with van der Waals surface area (Å²) in [6.45, 7) is 9.21. The van der Waals surface area contributed by atoms with Crippen molar-refractivity contribution >= 4 is 41.8 Å². The average Bonchev–Trinajstić information content (AvgIpc) is 2.66. The summed E-state index contributed by atoms with van der Waals surface area (Å²) in [4.78, 5) is 31.9. The molecule has 2 N–H and O–H groups in total. The molecule has 1 rings (SSSR count). The Morgan fingerprint density at radius 3 is 2.11 bits per heavy atom. The van der Waals surface area contributed by atoms with Crippen LogP contribution in [-0.2, 0) is 11.3 Å². The highest BCUT2D eigenvalue weighted by Crippen LogP contribution is 2.07. The summed E-state index contributed by atoms with van der Waals surface area (Å²) < 4.78 is 0. The first-order chi connectivity index (χ1) is 12.9. The lowest BCUT2D eigenvalue weighted by atomic mass is 10.1. The molecule has 0 aliphatic rings. The van der Waals surface area contributed by atoms with Crippen LogP contribution in [0.3, 0.4) is 0 Å². The van der Waals surface area contributed by atoms with Crippen molar-refractivity contribution in [1.82, 2.24) is 20.4 Å². The van der Waals surface area contributed by atoms with Crippen molar-refractivity contribution in [3.63, 3.8) is 0 Å². The van der Waals surface area contributed by atoms with Crippen molar-refractivity contribution in [2.45, 2.75) is 33.7 Å². The van der Waals surface area contributed by atoms with Crippen LogP contribution >= 0.6 is 24.0 Å². The molecule has 28 heavy (non-hydrogen) atoms. The van der Waals surface area contributed by atoms with Crippen LogP contribution in [0.1, 0.15) is 43.1 Å².